The number of carbonyl (C=O) groups excluding carboxylic acids is 2. The summed E-state index contributed by atoms with van der Waals surface area (Å²) in [6.45, 7) is 0. The molecule has 7 nitrogen and oxygen atoms in total. The average Bonchev–Trinajstić information content (AvgIpc) is 2.00. The van der Waals surface area contributed by atoms with Crippen LogP contribution in [0.15, 0.2) is 0 Å². The van der Waals surface area contributed by atoms with E-state index in [0.717, 1.165) is 0 Å². The molecule has 0 aliphatic rings. The van der Waals surface area contributed by atoms with E-state index in [1.807, 2.05) is 0 Å². The summed E-state index contributed by atoms with van der Waals surface area (Å²) in [7, 11) is 0. The Morgan fingerprint density at radius 1 is 1.00 bits per heavy atom. The van der Waals surface area contributed by atoms with Crippen LogP contribution in [0.1, 0.15) is 12.8 Å². The van der Waals surface area contributed by atoms with Crippen molar-refractivity contribution in [2.75, 3.05) is 0 Å². The van der Waals surface area contributed by atoms with E-state index in [9.17, 15) is 19.2 Å². The van der Waals surface area contributed by atoms with E-state index in [1.54, 1.807) is 0 Å². The first-order valence-corrected chi connectivity index (χ1v) is 3.13. The van der Waals surface area contributed by atoms with Crippen LogP contribution >= 0.6 is 0 Å². The lowest BCUT2D eigenvalue weighted by atomic mass is 10.3. The van der Waals surface area contributed by atoms with Gasteiger partial charge < -0.3 is 14.9 Å². The third-order valence-corrected chi connectivity index (χ3v) is 0.924. The number of carboxylic acids is 2. The summed E-state index contributed by atoms with van der Waals surface area (Å²) in [5, 5.41) is 16.1. The van der Waals surface area contributed by atoms with Crippen LogP contribution in [0.25, 0.3) is 0 Å². The summed E-state index contributed by atoms with van der Waals surface area (Å²) in [6, 6.07) is 0. The van der Waals surface area contributed by atoms with Crippen LogP contribution in [0, 0.1) is 0 Å². The van der Waals surface area contributed by atoms with Gasteiger partial charge in [0, 0.05) is 0 Å². The number of rotatable bonds is 3. The molecule has 0 heterocycles. The van der Waals surface area contributed by atoms with Gasteiger partial charge in [0.05, 0.1) is 12.8 Å². The van der Waals surface area contributed by atoms with E-state index < -0.39 is 36.7 Å². The Morgan fingerprint density at radius 2 is 1.54 bits per heavy atom. The van der Waals surface area contributed by atoms with Gasteiger partial charge in [0.1, 0.15) is 0 Å². The highest BCUT2D eigenvalue weighted by Gasteiger charge is 2.18. The monoisotopic (exact) mass is 190 g/mol. The van der Waals surface area contributed by atoms with Crippen molar-refractivity contribution >= 4 is 23.9 Å². The van der Waals surface area contributed by atoms with Gasteiger partial charge >= 0.3 is 23.9 Å². The molecule has 0 rings (SSSR count). The molecule has 0 saturated carbocycles. The van der Waals surface area contributed by atoms with E-state index in [-0.39, 0.29) is 0 Å². The average molecular weight is 190 g/mol. The zero-order chi connectivity index (χ0) is 10.4. The molecule has 0 aliphatic heterocycles. The van der Waals surface area contributed by atoms with Crippen LogP contribution in [0.4, 0.5) is 0 Å². The summed E-state index contributed by atoms with van der Waals surface area (Å²) >= 11 is 0. The molecular formula is C6H6O7. The molecule has 0 amide bonds. The highest BCUT2D eigenvalue weighted by atomic mass is 16.6. The van der Waals surface area contributed by atoms with E-state index in [2.05, 4.69) is 4.74 Å². The first-order chi connectivity index (χ1) is 5.93. The molecule has 0 atom stereocenters. The van der Waals surface area contributed by atoms with Crippen LogP contribution in [0.2, 0.25) is 0 Å². The van der Waals surface area contributed by atoms with Crippen molar-refractivity contribution in [1.29, 1.82) is 0 Å². The predicted octanol–water partition coefficient (Wildman–Crippen LogP) is -0.994. The lowest BCUT2D eigenvalue weighted by Gasteiger charge is -1.96. The second-order valence-corrected chi connectivity index (χ2v) is 1.96. The number of esters is 2. The fraction of sp³-hybridized carbons (Fsp3) is 0.333. The van der Waals surface area contributed by atoms with Gasteiger partial charge in [-0.2, -0.15) is 0 Å². The van der Waals surface area contributed by atoms with Crippen LogP contribution in [-0.4, -0.2) is 34.1 Å². The van der Waals surface area contributed by atoms with Crippen molar-refractivity contribution in [2.24, 2.45) is 0 Å². The third-order valence-electron chi connectivity index (χ3n) is 0.924. The maximum absolute atomic E-state index is 10.5. The molecule has 0 radical (unpaired) electrons. The minimum atomic E-state index is -1.90. The molecular weight excluding hydrogens is 184 g/mol. The SMILES string of the molecule is O=C(O)CCC(=O)OC(=O)C(=O)O. The fourth-order valence-corrected chi connectivity index (χ4v) is 0.407. The lowest BCUT2D eigenvalue weighted by Crippen LogP contribution is -2.20. The summed E-state index contributed by atoms with van der Waals surface area (Å²) in [6.07, 6.45) is -1.04. The number of carboxylic acid groups (broad SMARTS) is 2. The van der Waals surface area contributed by atoms with E-state index >= 15 is 0 Å². The van der Waals surface area contributed by atoms with Crippen molar-refractivity contribution in [1.82, 2.24) is 0 Å². The molecule has 13 heavy (non-hydrogen) atoms. The Kier molecular flexibility index (Phi) is 4.14. The zero-order valence-corrected chi connectivity index (χ0v) is 6.35. The summed E-state index contributed by atoms with van der Waals surface area (Å²) in [5.74, 6) is -6.02. The number of aliphatic carboxylic acids is 2. The molecule has 0 fully saturated rings. The Labute approximate surface area is 71.9 Å². The molecule has 0 saturated heterocycles. The van der Waals surface area contributed by atoms with Crippen LogP contribution in [0.3, 0.4) is 0 Å². The third kappa shape index (κ3) is 5.36. The smallest absolute Gasteiger partial charge is 0.424 e. The van der Waals surface area contributed by atoms with Crippen molar-refractivity contribution < 1.29 is 34.1 Å². The standard InChI is InChI=1S/C6H6O7/c7-3(8)1-2-4(9)13-6(12)5(10)11/h1-2H2,(H,7,8)(H,10,11). The molecule has 2 N–H and O–H groups in total. The Hall–Kier alpha value is -1.92. The van der Waals surface area contributed by atoms with Gasteiger partial charge in [0.25, 0.3) is 0 Å². The maximum Gasteiger partial charge on any atom is 0.424 e. The molecule has 0 aromatic rings. The summed E-state index contributed by atoms with van der Waals surface area (Å²) < 4.78 is 3.72. The van der Waals surface area contributed by atoms with Crippen LogP contribution in [-0.2, 0) is 23.9 Å². The maximum atomic E-state index is 10.5. The Balaban J connectivity index is 3.82. The van der Waals surface area contributed by atoms with Crippen LogP contribution < -0.4 is 0 Å². The van der Waals surface area contributed by atoms with Crippen molar-refractivity contribution in [3.63, 3.8) is 0 Å². The minimum Gasteiger partial charge on any atom is -0.481 e. The van der Waals surface area contributed by atoms with Crippen LogP contribution in [0.5, 0.6) is 0 Å². The van der Waals surface area contributed by atoms with Gasteiger partial charge in [-0.3, -0.25) is 9.59 Å². The normalized spacial score (nSPS) is 8.92. The van der Waals surface area contributed by atoms with Gasteiger partial charge in [-0.25, -0.2) is 9.59 Å². The second-order valence-electron chi connectivity index (χ2n) is 1.96. The highest BCUT2D eigenvalue weighted by Crippen LogP contribution is 1.93. The van der Waals surface area contributed by atoms with E-state index in [1.165, 1.54) is 0 Å². The first-order valence-electron chi connectivity index (χ1n) is 3.13. The minimum absolute atomic E-state index is 0.508. The molecule has 0 unspecified atom stereocenters. The Morgan fingerprint density at radius 3 is 1.92 bits per heavy atom. The first kappa shape index (κ1) is 11.1. The molecule has 72 valence electrons. The lowest BCUT2D eigenvalue weighted by molar-refractivity contribution is -0.171. The molecule has 0 spiro atoms. The topological polar surface area (TPSA) is 118 Å². The number of hydrogen-bond donors (Lipinski definition) is 2. The number of carbonyl (C=O) groups is 4. The molecule has 7 heteroatoms. The highest BCUT2D eigenvalue weighted by molar-refractivity contribution is 6.30. The van der Waals surface area contributed by atoms with Crippen molar-refractivity contribution in [3.8, 4) is 0 Å². The van der Waals surface area contributed by atoms with Gasteiger partial charge in [-0.05, 0) is 0 Å². The van der Waals surface area contributed by atoms with E-state index in [0.29, 0.717) is 0 Å². The largest absolute Gasteiger partial charge is 0.481 e. The molecule has 0 aromatic carbocycles. The zero-order valence-electron chi connectivity index (χ0n) is 6.35. The van der Waals surface area contributed by atoms with Gasteiger partial charge in [0.2, 0.25) is 0 Å². The van der Waals surface area contributed by atoms with Gasteiger partial charge in [0.15, 0.2) is 0 Å². The summed E-state index contributed by atoms with van der Waals surface area (Å²) in [4.78, 5) is 40.4. The van der Waals surface area contributed by atoms with E-state index in [4.69, 9.17) is 10.2 Å². The van der Waals surface area contributed by atoms with Gasteiger partial charge in [-0.15, -0.1) is 0 Å². The van der Waals surface area contributed by atoms with Crippen molar-refractivity contribution in [2.45, 2.75) is 12.8 Å². The summed E-state index contributed by atoms with van der Waals surface area (Å²) in [5.41, 5.74) is 0. The molecule has 0 aromatic heterocycles. The number of ether oxygens (including phenoxy) is 1. The Bertz CT molecular complexity index is 254. The second kappa shape index (κ2) is 4.86. The molecule has 0 bridgehead atoms. The van der Waals surface area contributed by atoms with Crippen molar-refractivity contribution in [3.05, 3.63) is 0 Å². The fourth-order valence-electron chi connectivity index (χ4n) is 0.407. The quantitative estimate of drug-likeness (QED) is 0.333. The number of hydrogen-bond acceptors (Lipinski definition) is 5. The molecule has 0 aliphatic carbocycles. The predicted molar refractivity (Wildman–Crippen MR) is 35.6 cm³/mol. The van der Waals surface area contributed by atoms with Gasteiger partial charge in [-0.1, -0.05) is 0 Å².